The van der Waals surface area contributed by atoms with Gasteiger partial charge in [0.2, 0.25) is 0 Å². The van der Waals surface area contributed by atoms with Crippen molar-refractivity contribution in [2.75, 3.05) is 13.6 Å². The van der Waals surface area contributed by atoms with Gasteiger partial charge in [-0.25, -0.2) is 0 Å². The third-order valence-corrected chi connectivity index (χ3v) is 3.27. The molecule has 0 aliphatic rings. The minimum Gasteiger partial charge on any atom is -0.389 e. The van der Waals surface area contributed by atoms with Gasteiger partial charge in [0, 0.05) is 17.6 Å². The molecule has 0 heterocycles. The summed E-state index contributed by atoms with van der Waals surface area (Å²) in [6, 6.07) is 8.28. The summed E-state index contributed by atoms with van der Waals surface area (Å²) >= 11 is 3.42. The van der Waals surface area contributed by atoms with E-state index in [0.717, 1.165) is 17.4 Å². The summed E-state index contributed by atoms with van der Waals surface area (Å²) in [5, 5.41) is 9.97. The second-order valence-corrected chi connectivity index (χ2v) is 5.56. The van der Waals surface area contributed by atoms with Crippen LogP contribution in [0.5, 0.6) is 0 Å². The summed E-state index contributed by atoms with van der Waals surface area (Å²) in [7, 11) is 2.03. The molecule has 0 bridgehead atoms. The van der Waals surface area contributed by atoms with E-state index < -0.39 is 5.60 Å². The lowest BCUT2D eigenvalue weighted by Crippen LogP contribution is -2.37. The standard InChI is InChI=1S/C13H20BrNO/c1-4-13(2,16)10-15(3)9-11-5-7-12(14)8-6-11/h5-8,16H,4,9-10H2,1-3H3. The molecule has 1 atom stereocenters. The zero-order valence-electron chi connectivity index (χ0n) is 10.2. The highest BCUT2D eigenvalue weighted by Crippen LogP contribution is 2.14. The zero-order valence-corrected chi connectivity index (χ0v) is 11.8. The number of hydrogen-bond acceptors (Lipinski definition) is 2. The maximum Gasteiger partial charge on any atom is 0.0743 e. The maximum absolute atomic E-state index is 9.97. The molecular weight excluding hydrogens is 266 g/mol. The van der Waals surface area contributed by atoms with Crippen molar-refractivity contribution < 1.29 is 5.11 Å². The number of likely N-dealkylation sites (N-methyl/N-ethyl adjacent to an activating group) is 1. The smallest absolute Gasteiger partial charge is 0.0743 e. The van der Waals surface area contributed by atoms with Crippen LogP contribution in [0.25, 0.3) is 0 Å². The Morgan fingerprint density at radius 2 is 1.88 bits per heavy atom. The summed E-state index contributed by atoms with van der Waals surface area (Å²) in [6.07, 6.45) is 0.775. The summed E-state index contributed by atoms with van der Waals surface area (Å²) < 4.78 is 1.10. The molecule has 1 unspecified atom stereocenters. The van der Waals surface area contributed by atoms with Gasteiger partial charge < -0.3 is 5.11 Å². The normalized spacial score (nSPS) is 15.1. The second-order valence-electron chi connectivity index (χ2n) is 4.65. The third-order valence-electron chi connectivity index (χ3n) is 2.74. The summed E-state index contributed by atoms with van der Waals surface area (Å²) in [5.74, 6) is 0. The molecule has 1 aromatic rings. The van der Waals surface area contributed by atoms with Crippen LogP contribution >= 0.6 is 15.9 Å². The lowest BCUT2D eigenvalue weighted by atomic mass is 10.0. The summed E-state index contributed by atoms with van der Waals surface area (Å²) in [6.45, 7) is 5.45. The monoisotopic (exact) mass is 285 g/mol. The van der Waals surface area contributed by atoms with Crippen molar-refractivity contribution >= 4 is 15.9 Å². The van der Waals surface area contributed by atoms with Gasteiger partial charge in [0.15, 0.2) is 0 Å². The molecule has 0 spiro atoms. The Balaban J connectivity index is 2.51. The summed E-state index contributed by atoms with van der Waals surface area (Å²) in [4.78, 5) is 2.15. The van der Waals surface area contributed by atoms with E-state index in [1.54, 1.807) is 0 Å². The molecule has 1 N–H and O–H groups in total. The average molecular weight is 286 g/mol. The molecule has 0 aliphatic heterocycles. The second kappa shape index (κ2) is 5.80. The van der Waals surface area contributed by atoms with Gasteiger partial charge in [-0.3, -0.25) is 4.90 Å². The van der Waals surface area contributed by atoms with E-state index in [0.29, 0.717) is 6.54 Å². The zero-order chi connectivity index (χ0) is 12.2. The van der Waals surface area contributed by atoms with E-state index in [1.165, 1.54) is 5.56 Å². The van der Waals surface area contributed by atoms with Crippen molar-refractivity contribution in [1.29, 1.82) is 0 Å². The van der Waals surface area contributed by atoms with Gasteiger partial charge >= 0.3 is 0 Å². The molecule has 0 saturated carbocycles. The molecule has 1 rings (SSSR count). The molecular formula is C13H20BrNO. The molecule has 0 fully saturated rings. The molecule has 0 saturated heterocycles. The number of hydrogen-bond donors (Lipinski definition) is 1. The quantitative estimate of drug-likeness (QED) is 0.899. The Morgan fingerprint density at radius 3 is 2.38 bits per heavy atom. The number of rotatable bonds is 5. The van der Waals surface area contributed by atoms with E-state index in [2.05, 4.69) is 33.0 Å². The molecule has 3 heteroatoms. The molecule has 2 nitrogen and oxygen atoms in total. The van der Waals surface area contributed by atoms with Gasteiger partial charge in [0.25, 0.3) is 0 Å². The molecule has 0 aromatic heterocycles. The van der Waals surface area contributed by atoms with Crippen LogP contribution in [0.2, 0.25) is 0 Å². The fraction of sp³-hybridized carbons (Fsp3) is 0.538. The SMILES string of the molecule is CCC(C)(O)CN(C)Cc1ccc(Br)cc1. The maximum atomic E-state index is 9.97. The fourth-order valence-corrected chi connectivity index (χ4v) is 1.92. The number of benzene rings is 1. The van der Waals surface area contributed by atoms with Crippen molar-refractivity contribution in [3.05, 3.63) is 34.3 Å². The number of aliphatic hydroxyl groups is 1. The van der Waals surface area contributed by atoms with E-state index in [9.17, 15) is 5.11 Å². The largest absolute Gasteiger partial charge is 0.389 e. The molecule has 16 heavy (non-hydrogen) atoms. The first-order valence-electron chi connectivity index (χ1n) is 5.58. The topological polar surface area (TPSA) is 23.5 Å². The Bertz CT molecular complexity index is 321. The predicted molar refractivity (Wildman–Crippen MR) is 71.4 cm³/mol. The van der Waals surface area contributed by atoms with E-state index in [4.69, 9.17) is 0 Å². The first kappa shape index (κ1) is 13.7. The van der Waals surface area contributed by atoms with Crippen LogP contribution in [-0.4, -0.2) is 29.2 Å². The van der Waals surface area contributed by atoms with Crippen LogP contribution in [0.4, 0.5) is 0 Å². The van der Waals surface area contributed by atoms with Crippen LogP contribution < -0.4 is 0 Å². The molecule has 0 amide bonds. The lowest BCUT2D eigenvalue weighted by Gasteiger charge is -2.28. The van der Waals surface area contributed by atoms with Gasteiger partial charge in [-0.2, -0.15) is 0 Å². The van der Waals surface area contributed by atoms with Gasteiger partial charge in [-0.1, -0.05) is 35.0 Å². The van der Waals surface area contributed by atoms with Gasteiger partial charge in [0.1, 0.15) is 0 Å². The average Bonchev–Trinajstić information content (AvgIpc) is 2.21. The first-order chi connectivity index (χ1) is 7.43. The first-order valence-corrected chi connectivity index (χ1v) is 6.37. The molecule has 0 aliphatic carbocycles. The highest BCUT2D eigenvalue weighted by atomic mass is 79.9. The highest BCUT2D eigenvalue weighted by Gasteiger charge is 2.19. The van der Waals surface area contributed by atoms with Crippen LogP contribution in [0.1, 0.15) is 25.8 Å². The number of nitrogens with zero attached hydrogens (tertiary/aromatic N) is 1. The Hall–Kier alpha value is -0.380. The van der Waals surface area contributed by atoms with E-state index in [-0.39, 0.29) is 0 Å². The Labute approximate surface area is 106 Å². The van der Waals surface area contributed by atoms with Crippen molar-refractivity contribution in [3.63, 3.8) is 0 Å². The van der Waals surface area contributed by atoms with Crippen molar-refractivity contribution in [3.8, 4) is 0 Å². The van der Waals surface area contributed by atoms with Crippen LogP contribution in [0.15, 0.2) is 28.7 Å². The van der Waals surface area contributed by atoms with Crippen molar-refractivity contribution in [2.45, 2.75) is 32.4 Å². The fourth-order valence-electron chi connectivity index (χ4n) is 1.65. The third kappa shape index (κ3) is 4.64. The Morgan fingerprint density at radius 1 is 1.31 bits per heavy atom. The van der Waals surface area contributed by atoms with Crippen molar-refractivity contribution in [1.82, 2.24) is 4.90 Å². The molecule has 0 radical (unpaired) electrons. The molecule has 1 aromatic carbocycles. The van der Waals surface area contributed by atoms with Crippen LogP contribution in [0.3, 0.4) is 0 Å². The van der Waals surface area contributed by atoms with Crippen LogP contribution in [-0.2, 0) is 6.54 Å². The highest BCUT2D eigenvalue weighted by molar-refractivity contribution is 9.10. The predicted octanol–water partition coefficient (Wildman–Crippen LogP) is 3.04. The number of halogens is 1. The lowest BCUT2D eigenvalue weighted by molar-refractivity contribution is 0.0218. The van der Waals surface area contributed by atoms with E-state index >= 15 is 0 Å². The van der Waals surface area contributed by atoms with Gasteiger partial charge in [-0.05, 0) is 38.1 Å². The van der Waals surface area contributed by atoms with E-state index in [1.807, 2.05) is 33.0 Å². The van der Waals surface area contributed by atoms with Gasteiger partial charge in [0.05, 0.1) is 5.60 Å². The molecule has 90 valence electrons. The minimum atomic E-state index is -0.593. The Kier molecular flexibility index (Phi) is 4.96. The van der Waals surface area contributed by atoms with Gasteiger partial charge in [-0.15, -0.1) is 0 Å². The summed E-state index contributed by atoms with van der Waals surface area (Å²) in [5.41, 5.74) is 0.669. The van der Waals surface area contributed by atoms with Crippen molar-refractivity contribution in [2.24, 2.45) is 0 Å². The van der Waals surface area contributed by atoms with Crippen LogP contribution in [0, 0.1) is 0 Å². The minimum absolute atomic E-state index is 0.593.